The van der Waals surface area contributed by atoms with Gasteiger partial charge in [0, 0.05) is 5.69 Å². The van der Waals surface area contributed by atoms with Crippen LogP contribution in [0.15, 0.2) is 23.0 Å². The third-order valence-electron chi connectivity index (χ3n) is 3.22. The fourth-order valence-corrected chi connectivity index (χ4v) is 1.94. The van der Waals surface area contributed by atoms with Crippen molar-refractivity contribution in [1.82, 2.24) is 19.8 Å². The lowest BCUT2D eigenvalue weighted by molar-refractivity contribution is 0.593. The van der Waals surface area contributed by atoms with Crippen LogP contribution < -0.4 is 11.4 Å². The van der Waals surface area contributed by atoms with Crippen LogP contribution in [0.2, 0.25) is 0 Å². The molecule has 2 aromatic rings. The van der Waals surface area contributed by atoms with E-state index in [1.54, 1.807) is 0 Å². The average Bonchev–Trinajstić information content (AvgIpc) is 3.12. The zero-order valence-electron chi connectivity index (χ0n) is 10.2. The van der Waals surface area contributed by atoms with Crippen molar-refractivity contribution >= 4 is 5.69 Å². The standard InChI is InChI=1S/C12H15N5O/c1-8-6-9(2-5-11(8)13)7-16-12(18)17(15-14-16)10-3-4-10/h2,5-6,10H,3-4,7,13H2,1H3. The molecule has 1 fully saturated rings. The lowest BCUT2D eigenvalue weighted by Gasteiger charge is -2.03. The van der Waals surface area contributed by atoms with E-state index in [1.165, 1.54) is 9.36 Å². The van der Waals surface area contributed by atoms with Crippen molar-refractivity contribution in [3.05, 3.63) is 39.8 Å². The Kier molecular flexibility index (Phi) is 2.43. The fraction of sp³-hybridized carbons (Fsp3) is 0.417. The largest absolute Gasteiger partial charge is 0.399 e. The molecule has 1 aromatic carbocycles. The van der Waals surface area contributed by atoms with Gasteiger partial charge < -0.3 is 5.73 Å². The van der Waals surface area contributed by atoms with Crippen LogP contribution in [0, 0.1) is 6.92 Å². The number of hydrogen-bond donors (Lipinski definition) is 1. The summed E-state index contributed by atoms with van der Waals surface area (Å²) in [6.07, 6.45) is 2.05. The Balaban J connectivity index is 1.87. The van der Waals surface area contributed by atoms with Gasteiger partial charge in [-0.3, -0.25) is 0 Å². The third-order valence-corrected chi connectivity index (χ3v) is 3.22. The molecule has 6 nitrogen and oxygen atoms in total. The van der Waals surface area contributed by atoms with E-state index in [0.29, 0.717) is 6.54 Å². The van der Waals surface area contributed by atoms with Gasteiger partial charge in [-0.25, -0.2) is 4.79 Å². The molecule has 18 heavy (non-hydrogen) atoms. The molecule has 6 heteroatoms. The van der Waals surface area contributed by atoms with E-state index in [9.17, 15) is 4.79 Å². The first-order chi connectivity index (χ1) is 8.65. The Morgan fingerprint density at radius 2 is 2.17 bits per heavy atom. The molecule has 0 atom stereocenters. The van der Waals surface area contributed by atoms with Crippen LogP contribution in [0.3, 0.4) is 0 Å². The highest BCUT2D eigenvalue weighted by Gasteiger charge is 2.27. The molecular weight excluding hydrogens is 230 g/mol. The molecule has 0 unspecified atom stereocenters. The summed E-state index contributed by atoms with van der Waals surface area (Å²) in [7, 11) is 0. The number of nitrogens with zero attached hydrogens (tertiary/aromatic N) is 4. The number of nitrogens with two attached hydrogens (primary N) is 1. The topological polar surface area (TPSA) is 78.7 Å². The van der Waals surface area contributed by atoms with Crippen LogP contribution >= 0.6 is 0 Å². The monoisotopic (exact) mass is 245 g/mol. The number of tetrazole rings is 1. The highest BCUT2D eigenvalue weighted by atomic mass is 16.2. The Morgan fingerprint density at radius 1 is 1.39 bits per heavy atom. The highest BCUT2D eigenvalue weighted by Crippen LogP contribution is 2.32. The lowest BCUT2D eigenvalue weighted by atomic mass is 10.1. The van der Waals surface area contributed by atoms with Gasteiger partial charge >= 0.3 is 5.69 Å². The van der Waals surface area contributed by atoms with Crippen molar-refractivity contribution in [2.24, 2.45) is 0 Å². The van der Waals surface area contributed by atoms with Gasteiger partial charge in [0.1, 0.15) is 0 Å². The summed E-state index contributed by atoms with van der Waals surface area (Å²) in [5, 5.41) is 7.82. The van der Waals surface area contributed by atoms with Crippen LogP contribution in [0.1, 0.15) is 30.0 Å². The normalized spacial score (nSPS) is 14.9. The van der Waals surface area contributed by atoms with Crippen molar-refractivity contribution in [1.29, 1.82) is 0 Å². The molecule has 1 heterocycles. The predicted molar refractivity (Wildman–Crippen MR) is 67.2 cm³/mol. The van der Waals surface area contributed by atoms with E-state index in [2.05, 4.69) is 10.4 Å². The molecule has 0 amide bonds. The molecule has 1 saturated carbocycles. The van der Waals surface area contributed by atoms with Crippen molar-refractivity contribution in [2.75, 3.05) is 5.73 Å². The van der Waals surface area contributed by atoms with E-state index in [4.69, 9.17) is 5.73 Å². The second kappa shape index (κ2) is 3.97. The Labute approximate surface area is 104 Å². The van der Waals surface area contributed by atoms with Gasteiger partial charge in [-0.15, -0.1) is 0 Å². The first kappa shape index (κ1) is 11.0. The van der Waals surface area contributed by atoms with E-state index >= 15 is 0 Å². The molecule has 0 saturated heterocycles. The quantitative estimate of drug-likeness (QED) is 0.808. The van der Waals surface area contributed by atoms with Gasteiger partial charge in [-0.2, -0.15) is 9.36 Å². The van der Waals surface area contributed by atoms with Crippen LogP contribution in [-0.2, 0) is 6.54 Å². The van der Waals surface area contributed by atoms with Crippen molar-refractivity contribution < 1.29 is 0 Å². The minimum atomic E-state index is -0.132. The zero-order valence-corrected chi connectivity index (χ0v) is 10.2. The molecule has 1 aromatic heterocycles. The third kappa shape index (κ3) is 1.90. The Morgan fingerprint density at radius 3 is 2.83 bits per heavy atom. The number of hydrogen-bond acceptors (Lipinski definition) is 4. The van der Waals surface area contributed by atoms with Gasteiger partial charge in [0.15, 0.2) is 0 Å². The molecule has 0 radical (unpaired) electrons. The Hall–Kier alpha value is -2.11. The van der Waals surface area contributed by atoms with E-state index in [0.717, 1.165) is 29.7 Å². The number of anilines is 1. The molecule has 0 bridgehead atoms. The van der Waals surface area contributed by atoms with Crippen LogP contribution in [0.4, 0.5) is 5.69 Å². The molecule has 3 rings (SSSR count). The summed E-state index contributed by atoms with van der Waals surface area (Å²) in [4.78, 5) is 12.0. The molecule has 0 aliphatic heterocycles. The second-order valence-corrected chi connectivity index (χ2v) is 4.79. The highest BCUT2D eigenvalue weighted by molar-refractivity contribution is 5.47. The molecule has 1 aliphatic rings. The van der Waals surface area contributed by atoms with E-state index in [1.807, 2.05) is 25.1 Å². The van der Waals surface area contributed by atoms with Crippen LogP contribution in [0.25, 0.3) is 0 Å². The molecule has 2 N–H and O–H groups in total. The summed E-state index contributed by atoms with van der Waals surface area (Å²) in [5.41, 5.74) is 8.40. The van der Waals surface area contributed by atoms with Gasteiger partial charge in [0.25, 0.3) is 0 Å². The molecule has 0 spiro atoms. The summed E-state index contributed by atoms with van der Waals surface area (Å²) >= 11 is 0. The van der Waals surface area contributed by atoms with Gasteiger partial charge in [0.2, 0.25) is 0 Å². The summed E-state index contributed by atoms with van der Waals surface area (Å²) in [5.74, 6) is 0. The lowest BCUT2D eigenvalue weighted by Crippen LogP contribution is -2.25. The smallest absolute Gasteiger partial charge is 0.364 e. The van der Waals surface area contributed by atoms with Crippen LogP contribution in [-0.4, -0.2) is 19.8 Å². The summed E-state index contributed by atoms with van der Waals surface area (Å²) in [6.45, 7) is 2.38. The molecule has 1 aliphatic carbocycles. The minimum absolute atomic E-state index is 0.132. The van der Waals surface area contributed by atoms with Crippen molar-refractivity contribution in [3.63, 3.8) is 0 Å². The Bertz CT molecular complexity index is 638. The van der Waals surface area contributed by atoms with E-state index in [-0.39, 0.29) is 11.7 Å². The number of aryl methyl sites for hydroxylation is 1. The summed E-state index contributed by atoms with van der Waals surface area (Å²) in [6, 6.07) is 5.99. The fourth-order valence-electron chi connectivity index (χ4n) is 1.94. The number of benzene rings is 1. The van der Waals surface area contributed by atoms with Gasteiger partial charge in [0.05, 0.1) is 12.6 Å². The number of rotatable bonds is 3. The maximum Gasteiger partial charge on any atom is 0.364 e. The number of nitrogen functional groups attached to an aromatic ring is 1. The van der Waals surface area contributed by atoms with Crippen molar-refractivity contribution in [2.45, 2.75) is 32.4 Å². The maximum absolute atomic E-state index is 12.0. The van der Waals surface area contributed by atoms with Gasteiger partial charge in [-0.05, 0) is 47.4 Å². The maximum atomic E-state index is 12.0. The predicted octanol–water partition coefficient (Wildman–Crippen LogP) is 0.714. The first-order valence-electron chi connectivity index (χ1n) is 6.02. The van der Waals surface area contributed by atoms with Gasteiger partial charge in [-0.1, -0.05) is 12.1 Å². The average molecular weight is 245 g/mol. The molecular formula is C12H15N5O. The SMILES string of the molecule is Cc1cc(Cn2nnn(C3CC3)c2=O)ccc1N. The first-order valence-corrected chi connectivity index (χ1v) is 6.02. The number of aromatic nitrogens is 4. The van der Waals surface area contributed by atoms with Crippen LogP contribution in [0.5, 0.6) is 0 Å². The van der Waals surface area contributed by atoms with E-state index < -0.39 is 0 Å². The summed E-state index contributed by atoms with van der Waals surface area (Å²) < 4.78 is 2.87. The minimum Gasteiger partial charge on any atom is -0.399 e. The zero-order chi connectivity index (χ0) is 12.7. The van der Waals surface area contributed by atoms with Crippen molar-refractivity contribution in [3.8, 4) is 0 Å². The second-order valence-electron chi connectivity index (χ2n) is 4.79. The molecule has 94 valence electrons.